The first kappa shape index (κ1) is 18.8. The third-order valence-electron chi connectivity index (χ3n) is 4.79. The van der Waals surface area contributed by atoms with Crippen LogP contribution < -0.4 is 4.74 Å². The number of benzene rings is 2. The van der Waals surface area contributed by atoms with E-state index in [1.807, 2.05) is 63.2 Å². The maximum atomic E-state index is 12.7. The summed E-state index contributed by atoms with van der Waals surface area (Å²) >= 11 is 3.43. The predicted molar refractivity (Wildman–Crippen MR) is 106 cm³/mol. The quantitative estimate of drug-likeness (QED) is 0.589. The number of hydrogen-bond acceptors (Lipinski definition) is 3. The highest BCUT2D eigenvalue weighted by Crippen LogP contribution is 2.40. The number of hydrogen-bond donors (Lipinski definition) is 0. The Bertz CT molecular complexity index is 834. The molecule has 0 aliphatic heterocycles. The molecule has 3 rings (SSSR count). The topological polar surface area (TPSA) is 43.4 Å². The molecule has 1 fully saturated rings. The summed E-state index contributed by atoms with van der Waals surface area (Å²) in [5.41, 5.74) is 1.57. The van der Waals surface area contributed by atoms with Gasteiger partial charge in [0, 0.05) is 17.3 Å². The molecule has 1 aliphatic carbocycles. The first-order valence-corrected chi connectivity index (χ1v) is 9.70. The molecule has 0 heterocycles. The Balaban J connectivity index is 1.95. The molecule has 3 nitrogen and oxygen atoms in total. The summed E-state index contributed by atoms with van der Waals surface area (Å²) in [6, 6.07) is 13.3. The van der Waals surface area contributed by atoms with Crippen LogP contribution in [-0.4, -0.2) is 11.6 Å². The summed E-state index contributed by atoms with van der Waals surface area (Å²) in [4.78, 5) is 25.5. The van der Waals surface area contributed by atoms with E-state index in [0.29, 0.717) is 24.3 Å². The van der Waals surface area contributed by atoms with Crippen molar-refractivity contribution in [2.45, 2.75) is 46.0 Å². The molecule has 0 spiro atoms. The van der Waals surface area contributed by atoms with Crippen LogP contribution in [0.2, 0.25) is 0 Å². The minimum atomic E-state index is -0.663. The Morgan fingerprint density at radius 1 is 1.04 bits per heavy atom. The fraction of sp³-hybridized carbons (Fsp3) is 0.364. The van der Waals surface area contributed by atoms with Crippen molar-refractivity contribution in [3.8, 4) is 11.5 Å². The lowest BCUT2D eigenvalue weighted by Crippen LogP contribution is -2.36. The van der Waals surface area contributed by atoms with Gasteiger partial charge in [-0.05, 0) is 53.3 Å². The monoisotopic (exact) mass is 414 g/mol. The van der Waals surface area contributed by atoms with Gasteiger partial charge in [0.15, 0.2) is 0 Å². The molecule has 0 aromatic heterocycles. The van der Waals surface area contributed by atoms with E-state index in [0.717, 1.165) is 22.0 Å². The Kier molecular flexibility index (Phi) is 5.33. The molecule has 26 heavy (non-hydrogen) atoms. The van der Waals surface area contributed by atoms with Crippen molar-refractivity contribution in [2.24, 2.45) is 5.41 Å². The normalized spacial score (nSPS) is 17.4. The lowest BCUT2D eigenvalue weighted by atomic mass is 9.69. The third kappa shape index (κ3) is 4.07. The average Bonchev–Trinajstić information content (AvgIpc) is 2.53. The van der Waals surface area contributed by atoms with Crippen molar-refractivity contribution in [2.75, 3.05) is 0 Å². The molecule has 0 amide bonds. The van der Waals surface area contributed by atoms with Gasteiger partial charge < -0.3 is 4.74 Å². The van der Waals surface area contributed by atoms with Crippen molar-refractivity contribution in [1.29, 1.82) is 0 Å². The van der Waals surface area contributed by atoms with Crippen LogP contribution in [-0.2, 0) is 16.0 Å². The summed E-state index contributed by atoms with van der Waals surface area (Å²) < 4.78 is 6.88. The van der Waals surface area contributed by atoms with Crippen LogP contribution in [0.15, 0.2) is 46.9 Å². The molecule has 2 aromatic carbocycles. The molecular weight excluding hydrogens is 392 g/mol. The van der Waals surface area contributed by atoms with E-state index in [4.69, 9.17) is 4.74 Å². The first-order valence-electron chi connectivity index (χ1n) is 8.91. The molecule has 2 aromatic rings. The fourth-order valence-corrected chi connectivity index (χ4v) is 4.01. The third-order valence-corrected chi connectivity index (χ3v) is 5.28. The first-order chi connectivity index (χ1) is 12.3. The van der Waals surface area contributed by atoms with E-state index in [9.17, 15) is 9.59 Å². The van der Waals surface area contributed by atoms with Gasteiger partial charge >= 0.3 is 0 Å². The van der Waals surface area contributed by atoms with E-state index < -0.39 is 5.92 Å². The van der Waals surface area contributed by atoms with Crippen LogP contribution in [0, 0.1) is 5.41 Å². The fourth-order valence-electron chi connectivity index (χ4n) is 3.63. The van der Waals surface area contributed by atoms with Crippen molar-refractivity contribution in [3.05, 3.63) is 58.1 Å². The van der Waals surface area contributed by atoms with Gasteiger partial charge in [-0.3, -0.25) is 9.59 Å². The molecule has 0 unspecified atom stereocenters. The molecule has 1 saturated carbocycles. The van der Waals surface area contributed by atoms with Crippen molar-refractivity contribution < 1.29 is 14.3 Å². The summed E-state index contributed by atoms with van der Waals surface area (Å²) in [5, 5.41) is 0. The number of Topliss-reactive ketones (excluding diaryl/α,β-unsaturated/α-hetero) is 2. The number of carbonyl (C=O) groups excluding carboxylic acids is 2. The number of aryl methyl sites for hydroxylation is 1. The minimum Gasteiger partial charge on any atom is -0.457 e. The molecule has 136 valence electrons. The summed E-state index contributed by atoms with van der Waals surface area (Å²) in [5.74, 6) is 0.711. The molecule has 0 N–H and O–H groups in total. The zero-order chi connectivity index (χ0) is 18.9. The SMILES string of the molecule is CCc1ccc(Oc2cccc(Br)c2)cc1C1C(=O)CC(C)(C)CC1=O. The van der Waals surface area contributed by atoms with Crippen molar-refractivity contribution >= 4 is 27.5 Å². The lowest BCUT2D eigenvalue weighted by Gasteiger charge is -2.33. The van der Waals surface area contributed by atoms with Crippen LogP contribution in [0.25, 0.3) is 0 Å². The van der Waals surface area contributed by atoms with Crippen molar-refractivity contribution in [1.82, 2.24) is 0 Å². The van der Waals surface area contributed by atoms with E-state index in [1.54, 1.807) is 0 Å². The zero-order valence-electron chi connectivity index (χ0n) is 15.3. The van der Waals surface area contributed by atoms with Gasteiger partial charge in [0.25, 0.3) is 0 Å². The van der Waals surface area contributed by atoms with Gasteiger partial charge in [-0.1, -0.05) is 48.8 Å². The van der Waals surface area contributed by atoms with Crippen molar-refractivity contribution in [3.63, 3.8) is 0 Å². The average molecular weight is 415 g/mol. The highest BCUT2D eigenvalue weighted by atomic mass is 79.9. The van der Waals surface area contributed by atoms with E-state index in [2.05, 4.69) is 15.9 Å². The van der Waals surface area contributed by atoms with Crippen LogP contribution in [0.3, 0.4) is 0 Å². The van der Waals surface area contributed by atoms with Gasteiger partial charge in [-0.15, -0.1) is 0 Å². The van der Waals surface area contributed by atoms with Gasteiger partial charge in [-0.25, -0.2) is 0 Å². The maximum Gasteiger partial charge on any atom is 0.148 e. The maximum absolute atomic E-state index is 12.7. The molecule has 0 bridgehead atoms. The second-order valence-electron chi connectivity index (χ2n) is 7.66. The van der Waals surface area contributed by atoms with Crippen LogP contribution >= 0.6 is 15.9 Å². The van der Waals surface area contributed by atoms with Crippen LogP contribution in [0.5, 0.6) is 11.5 Å². The highest BCUT2D eigenvalue weighted by molar-refractivity contribution is 9.10. The molecule has 1 aliphatic rings. The van der Waals surface area contributed by atoms with Gasteiger partial charge in [-0.2, -0.15) is 0 Å². The van der Waals surface area contributed by atoms with Crippen LogP contribution in [0.1, 0.15) is 50.7 Å². The van der Waals surface area contributed by atoms with Gasteiger partial charge in [0.2, 0.25) is 0 Å². The molecule has 0 atom stereocenters. The summed E-state index contributed by atoms with van der Waals surface area (Å²) in [6.07, 6.45) is 1.64. The molecule has 4 heteroatoms. The number of ether oxygens (including phenoxy) is 1. The zero-order valence-corrected chi connectivity index (χ0v) is 16.9. The Labute approximate surface area is 162 Å². The van der Waals surface area contributed by atoms with Gasteiger partial charge in [0.05, 0.1) is 0 Å². The molecule has 0 radical (unpaired) electrons. The largest absolute Gasteiger partial charge is 0.457 e. The number of ketones is 2. The molecular formula is C22H23BrO3. The summed E-state index contributed by atoms with van der Waals surface area (Å²) in [6.45, 7) is 5.99. The highest BCUT2D eigenvalue weighted by Gasteiger charge is 2.41. The smallest absolute Gasteiger partial charge is 0.148 e. The van der Waals surface area contributed by atoms with E-state index in [-0.39, 0.29) is 17.0 Å². The number of carbonyl (C=O) groups is 2. The predicted octanol–water partition coefficient (Wildman–Crippen LogP) is 5.85. The number of rotatable bonds is 4. The second-order valence-corrected chi connectivity index (χ2v) is 8.57. The second kappa shape index (κ2) is 7.36. The van der Waals surface area contributed by atoms with E-state index in [1.165, 1.54) is 0 Å². The minimum absolute atomic E-state index is 0.0144. The Morgan fingerprint density at radius 2 is 1.69 bits per heavy atom. The molecule has 0 saturated heterocycles. The Hall–Kier alpha value is -1.94. The standard InChI is InChI=1S/C22H23BrO3/c1-4-14-8-9-17(26-16-7-5-6-15(23)10-16)11-18(14)21-19(24)12-22(2,3)13-20(21)25/h5-11,21H,4,12-13H2,1-3H3. The van der Waals surface area contributed by atoms with Crippen LogP contribution in [0.4, 0.5) is 0 Å². The lowest BCUT2D eigenvalue weighted by molar-refractivity contribution is -0.135. The Morgan fingerprint density at radius 3 is 2.31 bits per heavy atom. The van der Waals surface area contributed by atoms with E-state index >= 15 is 0 Å². The number of halogens is 1. The summed E-state index contributed by atoms with van der Waals surface area (Å²) in [7, 11) is 0. The van der Waals surface area contributed by atoms with Gasteiger partial charge in [0.1, 0.15) is 29.0 Å².